The molecule has 24 heavy (non-hydrogen) atoms. The smallest absolute Gasteiger partial charge is 0.192 e. The Morgan fingerprint density at radius 1 is 0.917 bits per heavy atom. The number of rotatable bonds is 2. The van der Waals surface area contributed by atoms with E-state index in [1.54, 1.807) is 22.6 Å². The molecule has 2 rings (SSSR count). The fraction of sp³-hybridized carbons (Fsp3) is 0.167. The molecule has 2 N–H and O–H groups in total. The van der Waals surface area contributed by atoms with Crippen molar-refractivity contribution in [2.24, 2.45) is 0 Å². The maximum atomic E-state index is 10.9. The molecule has 12 heteroatoms. The quantitative estimate of drug-likeness (QED) is 0.394. The highest BCUT2D eigenvalue weighted by atomic mass is 127. The predicted molar refractivity (Wildman–Crippen MR) is 103 cm³/mol. The van der Waals surface area contributed by atoms with Gasteiger partial charge in [0, 0.05) is 12.5 Å². The second-order valence-electron chi connectivity index (χ2n) is 4.48. The van der Waals surface area contributed by atoms with Crippen molar-refractivity contribution < 1.29 is 27.0 Å². The molecule has 0 aliphatic carbocycles. The Kier molecular flexibility index (Phi) is 7.18. The van der Waals surface area contributed by atoms with Crippen LogP contribution in [0.25, 0.3) is 0 Å². The van der Waals surface area contributed by atoms with Crippen LogP contribution >= 0.6 is 45.2 Å². The van der Waals surface area contributed by atoms with E-state index in [1.807, 2.05) is 22.6 Å². The van der Waals surface area contributed by atoms with Crippen LogP contribution in [0.15, 0.2) is 34.4 Å². The number of aromatic nitrogens is 2. The van der Waals surface area contributed by atoms with Crippen molar-refractivity contribution in [3.8, 4) is 11.5 Å². The molecule has 0 aliphatic heterocycles. The van der Waals surface area contributed by atoms with Crippen LogP contribution in [0.3, 0.4) is 0 Å². The van der Waals surface area contributed by atoms with Crippen molar-refractivity contribution in [1.29, 1.82) is 0 Å². The lowest BCUT2D eigenvalue weighted by Crippen LogP contribution is -2.00. The molecule has 0 aromatic carbocycles. The van der Waals surface area contributed by atoms with E-state index in [9.17, 15) is 16.8 Å². The van der Waals surface area contributed by atoms with Crippen LogP contribution in [0, 0.1) is 7.27 Å². The first-order valence-corrected chi connectivity index (χ1v) is 11.9. The van der Waals surface area contributed by atoms with Crippen LogP contribution in [0.4, 0.5) is 0 Å². The predicted octanol–water partition coefficient (Wildman–Crippen LogP) is 1.59. The summed E-state index contributed by atoms with van der Waals surface area (Å²) in [5.41, 5.74) is 0. The lowest BCUT2D eigenvalue weighted by molar-refractivity contribution is 0.466. The fourth-order valence-electron chi connectivity index (χ4n) is 1.23. The second-order valence-corrected chi connectivity index (χ2v) is 10.6. The van der Waals surface area contributed by atoms with Gasteiger partial charge in [-0.25, -0.2) is 26.8 Å². The van der Waals surface area contributed by atoms with E-state index in [2.05, 4.69) is 9.97 Å². The SMILES string of the molecule is CS(=O)(=O)c1cc(I)c(O)cn1.CS(=O)(=O)c1ccc(O)c(I)n1. The van der Waals surface area contributed by atoms with Crippen molar-refractivity contribution in [1.82, 2.24) is 9.97 Å². The average Bonchev–Trinajstić information content (AvgIpc) is 2.43. The first kappa shape index (κ1) is 21.3. The minimum Gasteiger partial charge on any atom is -0.505 e. The molecule has 2 heterocycles. The number of pyridine rings is 2. The molecular formula is C12H12I2N2O6S2. The summed E-state index contributed by atoms with van der Waals surface area (Å²) in [6.07, 6.45) is 3.27. The Bertz CT molecular complexity index is 882. The Hall–Kier alpha value is -0.740. The van der Waals surface area contributed by atoms with Gasteiger partial charge >= 0.3 is 0 Å². The third kappa shape index (κ3) is 6.29. The number of hydrogen-bond donors (Lipinski definition) is 2. The van der Waals surface area contributed by atoms with Crippen molar-refractivity contribution in [2.75, 3.05) is 12.5 Å². The molecule has 0 atom stereocenters. The van der Waals surface area contributed by atoms with Crippen LogP contribution in [0.5, 0.6) is 11.5 Å². The normalized spacial score (nSPS) is 11.5. The van der Waals surface area contributed by atoms with Crippen LogP contribution in [-0.2, 0) is 19.7 Å². The van der Waals surface area contributed by atoms with E-state index in [0.29, 0.717) is 3.57 Å². The summed E-state index contributed by atoms with van der Waals surface area (Å²) < 4.78 is 44.6. The molecule has 2 aromatic rings. The zero-order chi connectivity index (χ0) is 18.7. The number of halogens is 2. The van der Waals surface area contributed by atoms with Gasteiger partial charge in [0.05, 0.1) is 9.77 Å². The van der Waals surface area contributed by atoms with Crippen LogP contribution < -0.4 is 0 Å². The largest absolute Gasteiger partial charge is 0.505 e. The summed E-state index contributed by atoms with van der Waals surface area (Å²) in [7, 11) is -6.54. The monoisotopic (exact) mass is 598 g/mol. The Labute approximate surface area is 166 Å². The van der Waals surface area contributed by atoms with Gasteiger partial charge in [0.15, 0.2) is 29.7 Å². The van der Waals surface area contributed by atoms with Gasteiger partial charge < -0.3 is 10.2 Å². The Balaban J connectivity index is 0.000000240. The van der Waals surface area contributed by atoms with Gasteiger partial charge in [-0.3, -0.25) is 0 Å². The summed E-state index contributed by atoms with van der Waals surface area (Å²) in [4.78, 5) is 7.26. The summed E-state index contributed by atoms with van der Waals surface area (Å²) in [5.74, 6) is -0.0222. The summed E-state index contributed by atoms with van der Waals surface area (Å²) >= 11 is 3.60. The molecule has 0 unspecified atom stereocenters. The molecule has 0 bridgehead atoms. The minimum atomic E-state index is -3.27. The number of hydrogen-bond acceptors (Lipinski definition) is 8. The molecule has 132 valence electrons. The molecule has 0 aliphatic rings. The minimum absolute atomic E-state index is 0.0111. The van der Waals surface area contributed by atoms with Gasteiger partial charge in [-0.2, -0.15) is 0 Å². The fourth-order valence-corrected chi connectivity index (χ4v) is 3.62. The highest BCUT2D eigenvalue weighted by molar-refractivity contribution is 14.1. The summed E-state index contributed by atoms with van der Waals surface area (Å²) in [6, 6.07) is 3.91. The zero-order valence-electron chi connectivity index (χ0n) is 12.3. The van der Waals surface area contributed by atoms with E-state index in [4.69, 9.17) is 10.2 Å². The number of sulfone groups is 2. The third-order valence-corrected chi connectivity index (χ3v) is 6.00. The highest BCUT2D eigenvalue weighted by Gasteiger charge is 2.11. The standard InChI is InChI=1S/2C6H6INO3S/c1-12(10,11)6-2-4(7)5(9)3-8-6;1-12(10,11)5-3-2-4(9)6(7)8-5/h2*2-3,9H,1H3. The molecule has 0 spiro atoms. The van der Waals surface area contributed by atoms with Gasteiger partial charge in [0.2, 0.25) is 0 Å². The van der Waals surface area contributed by atoms with Crippen molar-refractivity contribution in [3.63, 3.8) is 0 Å². The summed E-state index contributed by atoms with van der Waals surface area (Å²) in [6.45, 7) is 0. The zero-order valence-corrected chi connectivity index (χ0v) is 18.3. The topological polar surface area (TPSA) is 135 Å². The van der Waals surface area contributed by atoms with E-state index >= 15 is 0 Å². The number of aromatic hydroxyl groups is 2. The van der Waals surface area contributed by atoms with Crippen molar-refractivity contribution in [2.45, 2.75) is 10.1 Å². The van der Waals surface area contributed by atoms with Crippen LogP contribution in [0.2, 0.25) is 0 Å². The molecule has 0 radical (unpaired) electrons. The van der Waals surface area contributed by atoms with Crippen LogP contribution in [0.1, 0.15) is 0 Å². The van der Waals surface area contributed by atoms with Gasteiger partial charge in [-0.1, -0.05) is 0 Å². The lowest BCUT2D eigenvalue weighted by Gasteiger charge is -1.98. The van der Waals surface area contributed by atoms with Crippen LogP contribution in [-0.4, -0.2) is 49.5 Å². The number of nitrogens with zero attached hydrogens (tertiary/aromatic N) is 2. The Morgan fingerprint density at radius 2 is 1.46 bits per heavy atom. The molecule has 0 saturated carbocycles. The molecule has 0 amide bonds. The average molecular weight is 598 g/mol. The van der Waals surface area contributed by atoms with Crippen molar-refractivity contribution >= 4 is 64.9 Å². The molecule has 0 fully saturated rings. The van der Waals surface area contributed by atoms with Gasteiger partial charge in [0.1, 0.15) is 15.2 Å². The van der Waals surface area contributed by atoms with Gasteiger partial charge in [-0.05, 0) is 63.4 Å². The third-order valence-electron chi connectivity index (χ3n) is 2.37. The van der Waals surface area contributed by atoms with E-state index in [-0.39, 0.29) is 25.3 Å². The first-order valence-electron chi connectivity index (χ1n) is 5.92. The molecule has 8 nitrogen and oxygen atoms in total. The maximum Gasteiger partial charge on any atom is 0.192 e. The van der Waals surface area contributed by atoms with E-state index < -0.39 is 19.7 Å². The molecular weight excluding hydrogens is 586 g/mol. The highest BCUT2D eigenvalue weighted by Crippen LogP contribution is 2.20. The summed E-state index contributed by atoms with van der Waals surface area (Å²) in [5, 5.41) is 18.0. The van der Waals surface area contributed by atoms with Gasteiger partial charge in [-0.15, -0.1) is 0 Å². The Morgan fingerprint density at radius 3 is 1.88 bits per heavy atom. The first-order chi connectivity index (χ1) is 10.8. The molecule has 0 saturated heterocycles. The van der Waals surface area contributed by atoms with E-state index in [1.165, 1.54) is 18.2 Å². The second kappa shape index (κ2) is 8.09. The maximum absolute atomic E-state index is 10.9. The molecule has 2 aromatic heterocycles. The van der Waals surface area contributed by atoms with Gasteiger partial charge in [0.25, 0.3) is 0 Å². The lowest BCUT2D eigenvalue weighted by atomic mass is 10.5. The van der Waals surface area contributed by atoms with Crippen molar-refractivity contribution in [3.05, 3.63) is 31.7 Å². The van der Waals surface area contributed by atoms with E-state index in [0.717, 1.165) is 18.7 Å².